The van der Waals surface area contributed by atoms with Crippen molar-refractivity contribution in [1.82, 2.24) is 10.2 Å². The van der Waals surface area contributed by atoms with Crippen LogP contribution in [0.15, 0.2) is 0 Å². The molecule has 0 bridgehead atoms. The van der Waals surface area contributed by atoms with E-state index >= 15 is 0 Å². The molecule has 0 aliphatic rings. The Morgan fingerprint density at radius 2 is 2.12 bits per heavy atom. The van der Waals surface area contributed by atoms with Gasteiger partial charge in [0.05, 0.1) is 6.54 Å². The standard InChI is InChI=1S/C12H22N2O2/c1-7-8-14(6)10(2)9-13-11(15)16-12(3,4)5/h1,10H,8-9H2,2-6H3,(H,13,15). The largest absolute Gasteiger partial charge is 0.444 e. The Hall–Kier alpha value is -1.21. The number of hydrogen-bond acceptors (Lipinski definition) is 3. The van der Waals surface area contributed by atoms with Crippen molar-refractivity contribution in [2.45, 2.75) is 39.3 Å². The number of nitrogens with zero attached hydrogens (tertiary/aromatic N) is 1. The lowest BCUT2D eigenvalue weighted by Gasteiger charge is -2.24. The minimum atomic E-state index is -0.460. The van der Waals surface area contributed by atoms with Gasteiger partial charge in [0.1, 0.15) is 5.60 Å². The highest BCUT2D eigenvalue weighted by Crippen LogP contribution is 2.06. The van der Waals surface area contributed by atoms with Gasteiger partial charge in [0, 0.05) is 12.6 Å². The van der Waals surface area contributed by atoms with Crippen molar-refractivity contribution in [3.63, 3.8) is 0 Å². The number of alkyl carbamates (subject to hydrolysis) is 1. The number of likely N-dealkylation sites (N-methyl/N-ethyl adjacent to an activating group) is 1. The maximum absolute atomic E-state index is 11.4. The molecule has 0 radical (unpaired) electrons. The van der Waals surface area contributed by atoms with E-state index in [0.717, 1.165) is 0 Å². The zero-order valence-electron chi connectivity index (χ0n) is 10.8. The quantitative estimate of drug-likeness (QED) is 0.738. The van der Waals surface area contributed by atoms with E-state index in [1.165, 1.54) is 0 Å². The molecule has 92 valence electrons. The average molecular weight is 226 g/mol. The number of hydrogen-bond donors (Lipinski definition) is 1. The summed E-state index contributed by atoms with van der Waals surface area (Å²) in [6.07, 6.45) is 4.81. The molecule has 0 rings (SSSR count). The summed E-state index contributed by atoms with van der Waals surface area (Å²) in [5, 5.41) is 2.71. The molecule has 0 aromatic carbocycles. The number of carbonyl (C=O) groups is 1. The first kappa shape index (κ1) is 14.8. The van der Waals surface area contributed by atoms with Crippen LogP contribution in [-0.2, 0) is 4.74 Å². The van der Waals surface area contributed by atoms with Crippen molar-refractivity contribution in [1.29, 1.82) is 0 Å². The van der Waals surface area contributed by atoms with Crippen LogP contribution in [0.3, 0.4) is 0 Å². The molecule has 0 heterocycles. The van der Waals surface area contributed by atoms with E-state index in [4.69, 9.17) is 11.2 Å². The Kier molecular flexibility index (Phi) is 5.91. The normalized spacial score (nSPS) is 13.1. The predicted octanol–water partition coefficient (Wildman–Crippen LogP) is 1.46. The van der Waals surface area contributed by atoms with Crippen LogP contribution in [0.5, 0.6) is 0 Å². The van der Waals surface area contributed by atoms with Crippen LogP contribution in [0.25, 0.3) is 0 Å². The molecule has 0 spiro atoms. The second kappa shape index (κ2) is 6.39. The first-order chi connectivity index (χ1) is 7.26. The summed E-state index contributed by atoms with van der Waals surface area (Å²) in [6, 6.07) is 0.184. The van der Waals surface area contributed by atoms with E-state index in [2.05, 4.69) is 11.2 Å². The highest BCUT2D eigenvalue weighted by Gasteiger charge is 2.17. The number of carbonyl (C=O) groups excluding carboxylic acids is 1. The molecule has 4 nitrogen and oxygen atoms in total. The molecular weight excluding hydrogens is 204 g/mol. The summed E-state index contributed by atoms with van der Waals surface area (Å²) < 4.78 is 5.12. The molecular formula is C12H22N2O2. The molecule has 16 heavy (non-hydrogen) atoms. The maximum atomic E-state index is 11.4. The van der Waals surface area contributed by atoms with Gasteiger partial charge in [-0.05, 0) is 34.7 Å². The van der Waals surface area contributed by atoms with Crippen LogP contribution in [0.4, 0.5) is 4.79 Å². The maximum Gasteiger partial charge on any atom is 0.407 e. The van der Waals surface area contributed by atoms with Gasteiger partial charge in [-0.3, -0.25) is 4.90 Å². The van der Waals surface area contributed by atoms with E-state index in [0.29, 0.717) is 13.1 Å². The third-order valence-corrected chi connectivity index (χ3v) is 2.03. The SMILES string of the molecule is C#CCN(C)C(C)CNC(=O)OC(C)(C)C. The number of terminal acetylenes is 1. The van der Waals surface area contributed by atoms with Crippen LogP contribution < -0.4 is 5.32 Å². The Balaban J connectivity index is 3.89. The zero-order valence-corrected chi connectivity index (χ0v) is 10.8. The first-order valence-corrected chi connectivity index (χ1v) is 5.37. The fraction of sp³-hybridized carbons (Fsp3) is 0.750. The molecule has 0 aromatic heterocycles. The predicted molar refractivity (Wildman–Crippen MR) is 65.2 cm³/mol. The lowest BCUT2D eigenvalue weighted by Crippen LogP contribution is -2.42. The molecule has 1 amide bonds. The summed E-state index contributed by atoms with van der Waals surface area (Å²) >= 11 is 0. The highest BCUT2D eigenvalue weighted by molar-refractivity contribution is 5.67. The van der Waals surface area contributed by atoms with Gasteiger partial charge in [0.15, 0.2) is 0 Å². The van der Waals surface area contributed by atoms with Crippen LogP contribution in [-0.4, -0.2) is 42.8 Å². The minimum absolute atomic E-state index is 0.184. The second-order valence-corrected chi connectivity index (χ2v) is 4.85. The summed E-state index contributed by atoms with van der Waals surface area (Å²) in [6.45, 7) is 8.58. The monoisotopic (exact) mass is 226 g/mol. The summed E-state index contributed by atoms with van der Waals surface area (Å²) in [7, 11) is 1.92. The summed E-state index contributed by atoms with van der Waals surface area (Å²) in [4.78, 5) is 13.3. The van der Waals surface area contributed by atoms with Crippen molar-refractivity contribution in [3.05, 3.63) is 0 Å². The van der Waals surface area contributed by atoms with Gasteiger partial charge < -0.3 is 10.1 Å². The Labute approximate surface area is 98.3 Å². The van der Waals surface area contributed by atoms with Gasteiger partial charge >= 0.3 is 6.09 Å². The molecule has 1 N–H and O–H groups in total. The molecule has 1 unspecified atom stereocenters. The number of nitrogens with one attached hydrogen (secondary N) is 1. The molecule has 0 saturated heterocycles. The van der Waals surface area contributed by atoms with Crippen molar-refractivity contribution < 1.29 is 9.53 Å². The van der Waals surface area contributed by atoms with E-state index in [1.54, 1.807) is 0 Å². The van der Waals surface area contributed by atoms with Crippen LogP contribution in [0, 0.1) is 12.3 Å². The van der Waals surface area contributed by atoms with Crippen molar-refractivity contribution in [2.75, 3.05) is 20.1 Å². The molecule has 0 aliphatic carbocycles. The van der Waals surface area contributed by atoms with Gasteiger partial charge in [0.25, 0.3) is 0 Å². The number of rotatable bonds is 4. The van der Waals surface area contributed by atoms with E-state index < -0.39 is 11.7 Å². The van der Waals surface area contributed by atoms with E-state index in [9.17, 15) is 4.79 Å². The van der Waals surface area contributed by atoms with E-state index in [1.807, 2.05) is 39.6 Å². The number of ether oxygens (including phenoxy) is 1. The third kappa shape index (κ3) is 7.13. The first-order valence-electron chi connectivity index (χ1n) is 5.37. The molecule has 0 fully saturated rings. The highest BCUT2D eigenvalue weighted by atomic mass is 16.6. The summed E-state index contributed by atoms with van der Waals surface area (Å²) in [5.41, 5.74) is -0.460. The molecule has 0 saturated carbocycles. The van der Waals surface area contributed by atoms with Gasteiger partial charge in [0.2, 0.25) is 0 Å². The lowest BCUT2D eigenvalue weighted by atomic mass is 10.2. The number of amides is 1. The van der Waals surface area contributed by atoms with E-state index in [-0.39, 0.29) is 6.04 Å². The Morgan fingerprint density at radius 1 is 1.56 bits per heavy atom. The lowest BCUT2D eigenvalue weighted by molar-refractivity contribution is 0.0515. The van der Waals surface area contributed by atoms with Gasteiger partial charge in [-0.15, -0.1) is 6.42 Å². The second-order valence-electron chi connectivity index (χ2n) is 4.85. The molecule has 4 heteroatoms. The summed E-state index contributed by atoms with van der Waals surface area (Å²) in [5.74, 6) is 2.56. The van der Waals surface area contributed by atoms with Crippen LogP contribution >= 0.6 is 0 Å². The van der Waals surface area contributed by atoms with Crippen molar-refractivity contribution in [3.8, 4) is 12.3 Å². The fourth-order valence-corrected chi connectivity index (χ4v) is 1.00. The minimum Gasteiger partial charge on any atom is -0.444 e. The molecule has 1 atom stereocenters. The Bertz CT molecular complexity index is 263. The smallest absolute Gasteiger partial charge is 0.407 e. The topological polar surface area (TPSA) is 41.6 Å². The van der Waals surface area contributed by atoms with Gasteiger partial charge in [-0.25, -0.2) is 4.79 Å². The van der Waals surface area contributed by atoms with Crippen molar-refractivity contribution in [2.24, 2.45) is 0 Å². The van der Waals surface area contributed by atoms with Gasteiger partial charge in [-0.1, -0.05) is 5.92 Å². The van der Waals surface area contributed by atoms with Crippen LogP contribution in [0.1, 0.15) is 27.7 Å². The zero-order chi connectivity index (χ0) is 12.8. The third-order valence-electron chi connectivity index (χ3n) is 2.03. The molecule has 0 aliphatic heterocycles. The average Bonchev–Trinajstić information content (AvgIpc) is 2.11. The van der Waals surface area contributed by atoms with Crippen molar-refractivity contribution >= 4 is 6.09 Å². The molecule has 0 aromatic rings. The van der Waals surface area contributed by atoms with Gasteiger partial charge in [-0.2, -0.15) is 0 Å². The fourth-order valence-electron chi connectivity index (χ4n) is 1.00. The Morgan fingerprint density at radius 3 is 2.56 bits per heavy atom. The van der Waals surface area contributed by atoms with Crippen LogP contribution in [0.2, 0.25) is 0 Å².